The maximum absolute atomic E-state index is 12.0. The lowest BCUT2D eigenvalue weighted by atomic mass is 10.5. The van der Waals surface area contributed by atoms with E-state index in [1.54, 1.807) is 13.0 Å². The third kappa shape index (κ3) is 2.92. The van der Waals surface area contributed by atoms with E-state index in [2.05, 4.69) is 14.7 Å². The molecule has 9 heteroatoms. The molecule has 0 bridgehead atoms. The van der Waals surface area contributed by atoms with E-state index in [1.165, 1.54) is 12.3 Å². The third-order valence-corrected chi connectivity index (χ3v) is 5.02. The largest absolute Gasteiger partial charge is 0.266 e. The van der Waals surface area contributed by atoms with Crippen LogP contribution in [0.3, 0.4) is 0 Å². The van der Waals surface area contributed by atoms with Crippen molar-refractivity contribution in [1.29, 1.82) is 0 Å². The predicted molar refractivity (Wildman–Crippen MR) is 71.9 cm³/mol. The van der Waals surface area contributed by atoms with Crippen LogP contribution in [0.4, 0.5) is 5.95 Å². The van der Waals surface area contributed by atoms with Crippen molar-refractivity contribution in [2.45, 2.75) is 11.8 Å². The van der Waals surface area contributed by atoms with Crippen LogP contribution in [0.15, 0.2) is 23.2 Å². The summed E-state index contributed by atoms with van der Waals surface area (Å²) in [4.78, 5) is 7.68. The Morgan fingerprint density at radius 1 is 1.39 bits per heavy atom. The zero-order chi connectivity index (χ0) is 13.3. The topological polar surface area (TPSA) is 72.0 Å². The molecule has 2 aromatic rings. The number of nitrogens with one attached hydrogen (secondary N) is 1. The van der Waals surface area contributed by atoms with Crippen molar-refractivity contribution >= 4 is 50.5 Å². The highest BCUT2D eigenvalue weighted by atomic mass is 35.5. The maximum Gasteiger partial charge on any atom is 0.266 e. The summed E-state index contributed by atoms with van der Waals surface area (Å²) in [6.45, 7) is 1.73. The molecule has 0 fully saturated rings. The van der Waals surface area contributed by atoms with Crippen LogP contribution in [0, 0.1) is 6.92 Å². The summed E-state index contributed by atoms with van der Waals surface area (Å²) in [7, 11) is -3.82. The average Bonchev–Trinajstić information content (AvgIpc) is 2.58. The van der Waals surface area contributed by atoms with Gasteiger partial charge in [-0.2, -0.15) is 0 Å². The molecule has 96 valence electrons. The minimum Gasteiger partial charge on any atom is -0.247 e. The van der Waals surface area contributed by atoms with Crippen molar-refractivity contribution in [1.82, 2.24) is 9.97 Å². The van der Waals surface area contributed by atoms with Gasteiger partial charge in [-0.3, -0.25) is 0 Å². The van der Waals surface area contributed by atoms with Crippen molar-refractivity contribution in [3.8, 4) is 0 Å². The number of thiophene rings is 1. The molecule has 0 atom stereocenters. The molecule has 1 N–H and O–H groups in total. The van der Waals surface area contributed by atoms with Crippen LogP contribution >= 0.6 is 34.5 Å². The standard InChI is InChI=1S/C9H7Cl2N3O2S2/c1-5-2-3-12-9(13-5)14-18(15,16)6-4-7(10)17-8(6)11/h2-4H,1H3,(H,12,13,14). The molecule has 2 aromatic heterocycles. The number of rotatable bonds is 3. The highest BCUT2D eigenvalue weighted by Gasteiger charge is 2.22. The van der Waals surface area contributed by atoms with Crippen LogP contribution in [0.2, 0.25) is 8.67 Å². The summed E-state index contributed by atoms with van der Waals surface area (Å²) in [6.07, 6.45) is 1.46. The molecule has 0 radical (unpaired) electrons. The molecule has 5 nitrogen and oxygen atoms in total. The Morgan fingerprint density at radius 2 is 2.11 bits per heavy atom. The SMILES string of the molecule is Cc1ccnc(NS(=O)(=O)c2cc(Cl)sc2Cl)n1. The first-order chi connectivity index (χ1) is 8.38. The number of aryl methyl sites for hydroxylation is 1. The summed E-state index contributed by atoms with van der Waals surface area (Å²) < 4.78 is 26.7. The second-order valence-electron chi connectivity index (χ2n) is 3.32. The molecule has 0 aromatic carbocycles. The van der Waals surface area contributed by atoms with Crippen molar-refractivity contribution in [2.24, 2.45) is 0 Å². The van der Waals surface area contributed by atoms with E-state index < -0.39 is 10.0 Å². The zero-order valence-electron chi connectivity index (χ0n) is 9.02. The second kappa shape index (κ2) is 5.00. The molecule has 0 aliphatic carbocycles. The smallest absolute Gasteiger partial charge is 0.247 e. The minimum atomic E-state index is -3.82. The molecule has 0 amide bonds. The van der Waals surface area contributed by atoms with Crippen LogP contribution in [-0.2, 0) is 10.0 Å². The molecule has 0 saturated heterocycles. The van der Waals surface area contributed by atoms with E-state index in [0.717, 1.165) is 11.3 Å². The fraction of sp³-hybridized carbons (Fsp3) is 0.111. The van der Waals surface area contributed by atoms with Gasteiger partial charge in [0.05, 0.1) is 4.34 Å². The van der Waals surface area contributed by atoms with Gasteiger partial charge in [-0.05, 0) is 19.1 Å². The Balaban J connectivity index is 2.36. The summed E-state index contributed by atoms with van der Waals surface area (Å²) in [6, 6.07) is 2.94. The minimum absolute atomic E-state index is 0.00612. The highest BCUT2D eigenvalue weighted by Crippen LogP contribution is 2.34. The van der Waals surface area contributed by atoms with Crippen molar-refractivity contribution in [2.75, 3.05) is 4.72 Å². The Kier molecular flexibility index (Phi) is 3.76. The quantitative estimate of drug-likeness (QED) is 0.942. The van der Waals surface area contributed by atoms with Crippen LogP contribution < -0.4 is 4.72 Å². The summed E-state index contributed by atoms with van der Waals surface area (Å²) in [5.74, 6) is -0.00612. The van der Waals surface area contributed by atoms with E-state index in [9.17, 15) is 8.42 Å². The molecule has 0 unspecified atom stereocenters. The predicted octanol–water partition coefficient (Wildman–Crippen LogP) is 2.95. The first-order valence-electron chi connectivity index (χ1n) is 4.66. The van der Waals surface area contributed by atoms with Gasteiger partial charge in [0.15, 0.2) is 0 Å². The van der Waals surface area contributed by atoms with Gasteiger partial charge in [0.2, 0.25) is 5.95 Å². The van der Waals surface area contributed by atoms with E-state index in [1.807, 2.05) is 0 Å². The number of halogens is 2. The van der Waals surface area contributed by atoms with E-state index in [-0.39, 0.29) is 15.2 Å². The number of hydrogen-bond acceptors (Lipinski definition) is 5. The van der Waals surface area contributed by atoms with E-state index in [4.69, 9.17) is 23.2 Å². The molecular weight excluding hydrogens is 317 g/mol. The van der Waals surface area contributed by atoms with Gasteiger partial charge in [-0.1, -0.05) is 23.2 Å². The normalized spacial score (nSPS) is 11.5. The summed E-state index contributed by atoms with van der Waals surface area (Å²) in [5, 5.41) is 0. The first-order valence-corrected chi connectivity index (χ1v) is 7.71. The van der Waals surface area contributed by atoms with Gasteiger partial charge in [-0.25, -0.2) is 23.1 Å². The molecule has 0 saturated carbocycles. The maximum atomic E-state index is 12.0. The monoisotopic (exact) mass is 323 g/mol. The molecule has 0 spiro atoms. The Bertz CT molecular complexity index is 685. The lowest BCUT2D eigenvalue weighted by Gasteiger charge is -2.05. The average molecular weight is 324 g/mol. The van der Waals surface area contributed by atoms with Gasteiger partial charge >= 0.3 is 0 Å². The molecular formula is C9H7Cl2N3O2S2. The van der Waals surface area contributed by atoms with Gasteiger partial charge in [0, 0.05) is 11.9 Å². The van der Waals surface area contributed by atoms with Crippen molar-refractivity contribution in [3.63, 3.8) is 0 Å². The number of sulfonamides is 1. The Labute approximate surface area is 118 Å². The van der Waals surface area contributed by atoms with Gasteiger partial charge in [-0.15, -0.1) is 11.3 Å². The molecule has 0 aliphatic rings. The lowest BCUT2D eigenvalue weighted by molar-refractivity contribution is 0.601. The van der Waals surface area contributed by atoms with E-state index in [0.29, 0.717) is 10.0 Å². The van der Waals surface area contributed by atoms with Crippen LogP contribution in [0.25, 0.3) is 0 Å². The van der Waals surface area contributed by atoms with E-state index >= 15 is 0 Å². The second-order valence-corrected chi connectivity index (χ2v) is 7.25. The van der Waals surface area contributed by atoms with Crippen LogP contribution in [0.1, 0.15) is 5.69 Å². The molecule has 0 aliphatic heterocycles. The fourth-order valence-corrected chi connectivity index (χ4v) is 4.28. The van der Waals surface area contributed by atoms with Crippen LogP contribution in [0.5, 0.6) is 0 Å². The third-order valence-electron chi connectivity index (χ3n) is 1.94. The lowest BCUT2D eigenvalue weighted by Crippen LogP contribution is -2.14. The van der Waals surface area contributed by atoms with Crippen molar-refractivity contribution in [3.05, 3.63) is 32.7 Å². The van der Waals surface area contributed by atoms with Gasteiger partial charge < -0.3 is 0 Å². The molecule has 18 heavy (non-hydrogen) atoms. The van der Waals surface area contributed by atoms with Gasteiger partial charge in [0.1, 0.15) is 9.23 Å². The number of nitrogens with zero attached hydrogens (tertiary/aromatic N) is 2. The van der Waals surface area contributed by atoms with Crippen molar-refractivity contribution < 1.29 is 8.42 Å². The van der Waals surface area contributed by atoms with Gasteiger partial charge in [0.25, 0.3) is 10.0 Å². The summed E-state index contributed by atoms with van der Waals surface area (Å²) >= 11 is 12.5. The number of aromatic nitrogens is 2. The molecule has 2 heterocycles. The number of hydrogen-bond donors (Lipinski definition) is 1. The zero-order valence-corrected chi connectivity index (χ0v) is 12.2. The highest BCUT2D eigenvalue weighted by molar-refractivity contribution is 7.93. The molecule has 2 rings (SSSR count). The Hall–Kier alpha value is -0.890. The number of anilines is 1. The van der Waals surface area contributed by atoms with Crippen LogP contribution in [-0.4, -0.2) is 18.4 Å². The first kappa shape index (κ1) is 13.5. The fourth-order valence-electron chi connectivity index (χ4n) is 1.18. The Morgan fingerprint density at radius 3 is 2.67 bits per heavy atom. The summed E-state index contributed by atoms with van der Waals surface area (Å²) in [5.41, 5.74) is 0.650.